The molecule has 0 radical (unpaired) electrons. The molecule has 4 heteroatoms. The number of nitrogens with zero attached hydrogens (tertiary/aromatic N) is 1. The van der Waals surface area contributed by atoms with Crippen molar-refractivity contribution in [2.45, 2.75) is 6.92 Å². The maximum atomic E-state index is 13.1. The molecule has 0 N–H and O–H groups in total. The lowest BCUT2D eigenvalue weighted by Crippen LogP contribution is -1.98. The molecule has 0 bridgehead atoms. The zero-order valence-corrected chi connectivity index (χ0v) is 8.35. The maximum absolute atomic E-state index is 13.1. The SMILES string of the molecule is CC(=O)c1cc(Br)c(C#N)cc1F. The zero-order chi connectivity index (χ0) is 10.0. The summed E-state index contributed by atoms with van der Waals surface area (Å²) in [4.78, 5) is 10.9. The molecular weight excluding hydrogens is 237 g/mol. The molecule has 2 nitrogen and oxygen atoms in total. The summed E-state index contributed by atoms with van der Waals surface area (Å²) in [7, 11) is 0. The van der Waals surface area contributed by atoms with Crippen LogP contribution in [-0.4, -0.2) is 5.78 Å². The van der Waals surface area contributed by atoms with Gasteiger partial charge in [0.2, 0.25) is 0 Å². The number of halogens is 2. The summed E-state index contributed by atoms with van der Waals surface area (Å²) >= 11 is 3.07. The smallest absolute Gasteiger partial charge is 0.162 e. The van der Waals surface area contributed by atoms with Gasteiger partial charge in [-0.15, -0.1) is 0 Å². The standard InChI is InChI=1S/C9H5BrFNO/c1-5(13)7-3-8(10)6(4-12)2-9(7)11/h2-3H,1H3. The van der Waals surface area contributed by atoms with E-state index in [1.807, 2.05) is 0 Å². The molecule has 0 spiro atoms. The molecule has 0 saturated carbocycles. The Balaban J connectivity index is 3.39. The number of carbonyl (C=O) groups excluding carboxylic acids is 1. The Morgan fingerprint density at radius 3 is 2.69 bits per heavy atom. The molecule has 66 valence electrons. The second-order valence-corrected chi connectivity index (χ2v) is 3.33. The molecule has 1 aromatic rings. The summed E-state index contributed by atoms with van der Waals surface area (Å²) in [5.41, 5.74) is 0.174. The Hall–Kier alpha value is -1.21. The fourth-order valence-electron chi connectivity index (χ4n) is 0.902. The molecule has 0 unspecified atom stereocenters. The lowest BCUT2D eigenvalue weighted by atomic mass is 10.1. The topological polar surface area (TPSA) is 40.9 Å². The number of carbonyl (C=O) groups is 1. The molecule has 0 aliphatic carbocycles. The van der Waals surface area contributed by atoms with Gasteiger partial charge in [-0.2, -0.15) is 5.26 Å². The predicted molar refractivity (Wildman–Crippen MR) is 48.8 cm³/mol. The van der Waals surface area contributed by atoms with Gasteiger partial charge in [0.1, 0.15) is 11.9 Å². The minimum Gasteiger partial charge on any atom is -0.294 e. The second-order valence-electron chi connectivity index (χ2n) is 2.48. The van der Waals surface area contributed by atoms with E-state index in [1.165, 1.54) is 13.0 Å². The number of nitriles is 1. The minimum atomic E-state index is -0.660. The first-order valence-corrected chi connectivity index (χ1v) is 4.25. The van der Waals surface area contributed by atoms with E-state index in [-0.39, 0.29) is 16.9 Å². The Kier molecular flexibility index (Phi) is 2.79. The van der Waals surface area contributed by atoms with Crippen molar-refractivity contribution in [1.29, 1.82) is 5.26 Å². The van der Waals surface area contributed by atoms with Crippen LogP contribution >= 0.6 is 15.9 Å². The van der Waals surface area contributed by atoms with Gasteiger partial charge in [0, 0.05) is 4.47 Å². The zero-order valence-electron chi connectivity index (χ0n) is 6.77. The monoisotopic (exact) mass is 241 g/mol. The molecule has 0 aromatic heterocycles. The van der Waals surface area contributed by atoms with Gasteiger partial charge in [0.05, 0.1) is 11.1 Å². The highest BCUT2D eigenvalue weighted by atomic mass is 79.9. The molecular formula is C9H5BrFNO. The van der Waals surface area contributed by atoms with E-state index in [2.05, 4.69) is 15.9 Å². The normalized spacial score (nSPS) is 9.38. The van der Waals surface area contributed by atoms with Gasteiger partial charge in [-0.3, -0.25) is 4.79 Å². The van der Waals surface area contributed by atoms with E-state index in [4.69, 9.17) is 5.26 Å². The molecule has 0 heterocycles. The third-order valence-electron chi connectivity index (χ3n) is 1.56. The third kappa shape index (κ3) is 1.93. The summed E-state index contributed by atoms with van der Waals surface area (Å²) in [6, 6.07) is 4.16. The van der Waals surface area contributed by atoms with Gasteiger partial charge in [-0.25, -0.2) is 4.39 Å². The van der Waals surface area contributed by atoms with Crippen molar-refractivity contribution in [3.63, 3.8) is 0 Å². The van der Waals surface area contributed by atoms with Crippen LogP contribution in [0.5, 0.6) is 0 Å². The second kappa shape index (κ2) is 3.67. The molecule has 0 aliphatic heterocycles. The number of hydrogen-bond acceptors (Lipinski definition) is 2. The molecule has 1 aromatic carbocycles. The highest BCUT2D eigenvalue weighted by molar-refractivity contribution is 9.10. The van der Waals surface area contributed by atoms with Crippen LogP contribution in [0.4, 0.5) is 4.39 Å². The van der Waals surface area contributed by atoms with Crippen molar-refractivity contribution in [3.8, 4) is 6.07 Å². The van der Waals surface area contributed by atoms with Crippen molar-refractivity contribution in [3.05, 3.63) is 33.5 Å². The van der Waals surface area contributed by atoms with Crippen molar-refractivity contribution >= 4 is 21.7 Å². The maximum Gasteiger partial charge on any atom is 0.162 e. The van der Waals surface area contributed by atoms with Gasteiger partial charge in [-0.1, -0.05) is 0 Å². The van der Waals surface area contributed by atoms with E-state index in [0.29, 0.717) is 4.47 Å². The van der Waals surface area contributed by atoms with Crippen molar-refractivity contribution in [2.75, 3.05) is 0 Å². The van der Waals surface area contributed by atoms with Crippen LogP contribution < -0.4 is 0 Å². The van der Waals surface area contributed by atoms with E-state index in [9.17, 15) is 9.18 Å². The molecule has 0 aliphatic rings. The highest BCUT2D eigenvalue weighted by Gasteiger charge is 2.10. The Morgan fingerprint density at radius 2 is 2.23 bits per heavy atom. The van der Waals surface area contributed by atoms with E-state index >= 15 is 0 Å². The molecule has 0 fully saturated rings. The quantitative estimate of drug-likeness (QED) is 0.710. The Labute approximate surface area is 83.1 Å². The Bertz CT molecular complexity index is 409. The van der Waals surface area contributed by atoms with Gasteiger partial charge in [0.25, 0.3) is 0 Å². The number of hydrogen-bond donors (Lipinski definition) is 0. The number of benzene rings is 1. The fraction of sp³-hybridized carbons (Fsp3) is 0.111. The van der Waals surface area contributed by atoms with E-state index < -0.39 is 5.82 Å². The summed E-state index contributed by atoms with van der Waals surface area (Å²) in [5, 5.41) is 8.54. The summed E-state index contributed by atoms with van der Waals surface area (Å²) < 4.78 is 13.5. The van der Waals surface area contributed by atoms with E-state index in [1.54, 1.807) is 6.07 Å². The molecule has 13 heavy (non-hydrogen) atoms. The average Bonchev–Trinajstić information content (AvgIpc) is 2.07. The van der Waals surface area contributed by atoms with Crippen molar-refractivity contribution in [1.82, 2.24) is 0 Å². The van der Waals surface area contributed by atoms with Gasteiger partial charge in [-0.05, 0) is 35.0 Å². The highest BCUT2D eigenvalue weighted by Crippen LogP contribution is 2.20. The fourth-order valence-corrected chi connectivity index (χ4v) is 1.33. The molecule has 1 rings (SSSR count). The van der Waals surface area contributed by atoms with Gasteiger partial charge < -0.3 is 0 Å². The first-order valence-electron chi connectivity index (χ1n) is 3.46. The van der Waals surface area contributed by atoms with Crippen LogP contribution in [0.15, 0.2) is 16.6 Å². The van der Waals surface area contributed by atoms with Crippen molar-refractivity contribution in [2.24, 2.45) is 0 Å². The summed E-state index contributed by atoms with van der Waals surface area (Å²) in [5.74, 6) is -1.02. The Morgan fingerprint density at radius 1 is 1.62 bits per heavy atom. The lowest BCUT2D eigenvalue weighted by molar-refractivity contribution is 0.101. The number of rotatable bonds is 1. The average molecular weight is 242 g/mol. The predicted octanol–water partition coefficient (Wildman–Crippen LogP) is 2.66. The first-order chi connectivity index (χ1) is 6.06. The van der Waals surface area contributed by atoms with Crippen LogP contribution in [0.1, 0.15) is 22.8 Å². The van der Waals surface area contributed by atoms with E-state index in [0.717, 1.165) is 6.07 Å². The summed E-state index contributed by atoms with van der Waals surface area (Å²) in [6.45, 7) is 1.27. The van der Waals surface area contributed by atoms with Gasteiger partial charge in [0.15, 0.2) is 5.78 Å². The molecule has 0 atom stereocenters. The molecule has 0 amide bonds. The first kappa shape index (κ1) is 9.87. The largest absolute Gasteiger partial charge is 0.294 e. The van der Waals surface area contributed by atoms with Crippen molar-refractivity contribution < 1.29 is 9.18 Å². The third-order valence-corrected chi connectivity index (χ3v) is 2.21. The van der Waals surface area contributed by atoms with Crippen LogP contribution in [0.2, 0.25) is 0 Å². The minimum absolute atomic E-state index is 0.00845. The number of ketones is 1. The molecule has 0 saturated heterocycles. The van der Waals surface area contributed by atoms with Crippen LogP contribution in [0.25, 0.3) is 0 Å². The van der Waals surface area contributed by atoms with Crippen LogP contribution in [0.3, 0.4) is 0 Å². The van der Waals surface area contributed by atoms with Gasteiger partial charge >= 0.3 is 0 Å². The number of Topliss-reactive ketones (excluding diaryl/α,β-unsaturated/α-hetero) is 1. The van der Waals surface area contributed by atoms with Crippen LogP contribution in [0, 0.1) is 17.1 Å². The lowest BCUT2D eigenvalue weighted by Gasteiger charge is -2.00. The van der Waals surface area contributed by atoms with Crippen LogP contribution in [-0.2, 0) is 0 Å². The summed E-state index contributed by atoms with van der Waals surface area (Å²) in [6.07, 6.45) is 0.